The quantitative estimate of drug-likeness (QED) is 0.0528. The number of allylic oxidation sites excluding steroid dienone is 2. The van der Waals surface area contributed by atoms with E-state index in [0.717, 1.165) is 64.1 Å². The molecule has 3 aromatic carbocycles. The number of aromatic amines is 1. The number of rotatable bonds is 7. The van der Waals surface area contributed by atoms with Gasteiger partial charge in [0.15, 0.2) is 23.1 Å². The average Bonchev–Trinajstić information content (AvgIpc) is 3.88. The van der Waals surface area contributed by atoms with Gasteiger partial charge in [-0.15, -0.1) is 0 Å². The second-order valence-corrected chi connectivity index (χ2v) is 21.8. The summed E-state index contributed by atoms with van der Waals surface area (Å²) in [6.07, 6.45) is 19.3. The predicted molar refractivity (Wildman–Crippen MR) is 261 cm³/mol. The molecule has 0 unspecified atom stereocenters. The number of aryl methyl sites for hydroxylation is 1. The van der Waals surface area contributed by atoms with Gasteiger partial charge in [-0.1, -0.05) is 103 Å². The van der Waals surface area contributed by atoms with Crippen LogP contribution in [0.3, 0.4) is 0 Å². The molecule has 2 saturated carbocycles. The molecule has 1 aromatic heterocycles. The minimum Gasteiger partial charge on any atom is -0.508 e. The minimum atomic E-state index is -0.728. The number of H-pyrrole nitrogens is 1. The number of ether oxygens (including phenoxy) is 1. The molecule has 64 heavy (non-hydrogen) atoms. The number of hydrogen-bond donors (Lipinski definition) is 5. The number of ketones is 2. The highest BCUT2D eigenvalue weighted by Crippen LogP contribution is 2.64. The van der Waals surface area contributed by atoms with Crippen molar-refractivity contribution in [3.05, 3.63) is 123 Å². The maximum absolute atomic E-state index is 14.2. The van der Waals surface area contributed by atoms with E-state index in [4.69, 9.17) is 16.2 Å². The molecular weight excluding hydrogens is 835 g/mol. The second kappa shape index (κ2) is 20.4. The van der Waals surface area contributed by atoms with Gasteiger partial charge in [0.25, 0.3) is 0 Å². The standard InChI is InChI=1S/C54H65N3O5S2/c1-3-4-5-7-35(2)26-40-16-20-53-22-23-54(40,33-53)21-17-41(58)13-10-36-12-15-49(60)51(28-36)62-25-19-37-11-14-48(59)46(27-37)45-31-50(61)42-18-24-57-47(42)9-6-8-38-29-44(52(55)56)39(30-43(38)45)32-63-64-34-53/h11-12,14-15,17-18,21,24,27-30,35,40,45,52,57,59-60H,3-5,7,9-10,13,16,19-20,22-23,25-26,31-34,55-56H2,1-2H3/b21-17+/t35-,40-,45-,53-,54-/m0/s1. The number of carbonyl (C=O) groups excluding carboxylic acids is 2. The maximum atomic E-state index is 14.2. The Hall–Kier alpha value is -4.40. The monoisotopic (exact) mass is 899 g/mol. The first-order valence-electron chi connectivity index (χ1n) is 23.5. The molecule has 2 fully saturated rings. The topological polar surface area (TPSA) is 152 Å². The second-order valence-electron chi connectivity index (χ2n) is 19.3. The number of phenols is 2. The van der Waals surface area contributed by atoms with Crippen molar-refractivity contribution in [3.8, 4) is 29.1 Å². The van der Waals surface area contributed by atoms with E-state index in [1.807, 2.05) is 64.1 Å². The van der Waals surface area contributed by atoms with E-state index in [0.29, 0.717) is 60.1 Å². The number of nitrogens with one attached hydrogen (secondary N) is 1. The number of carbonyl (C=O) groups is 2. The Morgan fingerprint density at radius 3 is 2.59 bits per heavy atom. The van der Waals surface area contributed by atoms with Gasteiger partial charge >= 0.3 is 0 Å². The van der Waals surface area contributed by atoms with Gasteiger partial charge in [0.1, 0.15) is 5.75 Å². The number of benzene rings is 3. The lowest BCUT2D eigenvalue weighted by atomic mass is 9.61. The van der Waals surface area contributed by atoms with Gasteiger partial charge in [0, 0.05) is 65.3 Å². The molecule has 0 saturated heterocycles. The number of hydrogen-bond acceptors (Lipinski definition) is 9. The van der Waals surface area contributed by atoms with E-state index in [1.165, 1.54) is 44.9 Å². The number of phenolic OH excluding ortho intramolecular Hbond substituents is 2. The molecule has 8 nitrogen and oxygen atoms in total. The highest BCUT2D eigenvalue weighted by Gasteiger charge is 2.54. The van der Waals surface area contributed by atoms with Crippen molar-refractivity contribution in [2.45, 2.75) is 128 Å². The van der Waals surface area contributed by atoms with Crippen LogP contribution >= 0.6 is 21.6 Å². The third-order valence-electron chi connectivity index (χ3n) is 14.8. The highest BCUT2D eigenvalue weighted by atomic mass is 33.1. The lowest BCUT2D eigenvalue weighted by Crippen LogP contribution is -2.36. The summed E-state index contributed by atoms with van der Waals surface area (Å²) < 4.78 is 6.19. The van der Waals surface area contributed by atoms with Crippen molar-refractivity contribution < 1.29 is 24.5 Å². The SMILES string of the molecule is CCCCC[C@H](C)C[C@@H]1CC[C@@]23CC[C@@]1(/C=C/C(=O)CCc1ccc(O)c(c1)OCCc1ccc(O)c(c1)[C@H]1CC(=O)c4cc[nH]c4CC#Cc4cc(C(N)N)c(cc41)CSSC2)C3. The predicted octanol–water partition coefficient (Wildman–Crippen LogP) is 11.4. The summed E-state index contributed by atoms with van der Waals surface area (Å²) in [4.78, 5) is 31.1. The van der Waals surface area contributed by atoms with Crippen LogP contribution in [0.25, 0.3) is 0 Å². The van der Waals surface area contributed by atoms with Crippen molar-refractivity contribution in [3.63, 3.8) is 0 Å². The largest absolute Gasteiger partial charge is 0.508 e. The molecule has 4 aromatic rings. The van der Waals surface area contributed by atoms with Gasteiger partial charge in [0.05, 0.1) is 19.2 Å². The molecule has 0 radical (unpaired) electrons. The van der Waals surface area contributed by atoms with Crippen LogP contribution in [0.15, 0.2) is 72.9 Å². The van der Waals surface area contributed by atoms with Crippen LogP contribution in [-0.4, -0.2) is 39.1 Å². The third-order valence-corrected chi connectivity index (χ3v) is 17.3. The molecule has 338 valence electrons. The first kappa shape index (κ1) is 46.1. The van der Waals surface area contributed by atoms with Crippen molar-refractivity contribution in [1.29, 1.82) is 0 Å². The molecule has 10 heteroatoms. The van der Waals surface area contributed by atoms with Gasteiger partial charge in [-0.25, -0.2) is 0 Å². The number of aromatic nitrogens is 1. The fourth-order valence-electron chi connectivity index (χ4n) is 11.1. The van der Waals surface area contributed by atoms with Crippen molar-refractivity contribution in [1.82, 2.24) is 4.98 Å². The normalized spacial score (nSPS) is 24.9. The zero-order valence-corrected chi connectivity index (χ0v) is 39.2. The van der Waals surface area contributed by atoms with E-state index in [1.54, 1.807) is 18.3 Å². The van der Waals surface area contributed by atoms with Crippen molar-refractivity contribution >= 4 is 33.2 Å². The Morgan fingerprint density at radius 2 is 1.77 bits per heavy atom. The molecule has 5 atom stereocenters. The molecule has 8 bridgehead atoms. The Labute approximate surface area is 387 Å². The molecule has 1 aliphatic heterocycles. The number of unbranched alkanes of at least 4 members (excludes halogenated alkanes) is 2. The number of nitrogens with two attached hydrogens (primary N) is 2. The molecule has 2 heterocycles. The Bertz CT molecular complexity index is 2430. The first-order chi connectivity index (χ1) is 30.9. The van der Waals surface area contributed by atoms with Crippen LogP contribution in [0.1, 0.15) is 158 Å². The molecular formula is C54H65N3O5S2. The molecule has 4 aliphatic rings. The van der Waals surface area contributed by atoms with E-state index >= 15 is 0 Å². The highest BCUT2D eigenvalue weighted by molar-refractivity contribution is 8.76. The summed E-state index contributed by atoms with van der Waals surface area (Å²) in [5, 5.41) is 22.4. The Kier molecular flexibility index (Phi) is 14.7. The van der Waals surface area contributed by atoms with Gasteiger partial charge in [-0.05, 0) is 132 Å². The molecule has 3 aliphatic carbocycles. The molecule has 0 spiro atoms. The van der Waals surface area contributed by atoms with Crippen molar-refractivity contribution in [2.75, 3.05) is 12.4 Å². The smallest absolute Gasteiger partial charge is 0.165 e. The maximum Gasteiger partial charge on any atom is 0.165 e. The third kappa shape index (κ3) is 10.5. The number of aromatic hydroxyl groups is 2. The van der Waals surface area contributed by atoms with Crippen LogP contribution < -0.4 is 16.2 Å². The average molecular weight is 900 g/mol. The fourth-order valence-corrected chi connectivity index (χ4v) is 14.0. The van der Waals surface area contributed by atoms with Crippen molar-refractivity contribution in [2.24, 2.45) is 34.1 Å². The molecule has 0 amide bonds. The summed E-state index contributed by atoms with van der Waals surface area (Å²) in [6.45, 7) is 4.96. The van der Waals surface area contributed by atoms with E-state index in [2.05, 4.69) is 42.8 Å². The van der Waals surface area contributed by atoms with Gasteiger partial charge in [-0.2, -0.15) is 0 Å². The Morgan fingerprint density at radius 1 is 0.938 bits per heavy atom. The van der Waals surface area contributed by atoms with E-state index in [-0.39, 0.29) is 46.9 Å². The van der Waals surface area contributed by atoms with Crippen LogP contribution in [0.5, 0.6) is 17.2 Å². The molecule has 7 N–H and O–H groups in total. The van der Waals surface area contributed by atoms with Gasteiger partial charge in [-0.3, -0.25) is 9.59 Å². The zero-order valence-electron chi connectivity index (χ0n) is 37.6. The molecule has 8 rings (SSSR count). The van der Waals surface area contributed by atoms with Gasteiger partial charge in [0.2, 0.25) is 0 Å². The number of Topliss-reactive ketones (excluding diaryl/α,β-unsaturated/α-hetero) is 1. The van der Waals surface area contributed by atoms with Crippen LogP contribution in [0, 0.1) is 34.5 Å². The van der Waals surface area contributed by atoms with E-state index in [9.17, 15) is 19.8 Å². The minimum absolute atomic E-state index is 0.0215. The fraction of sp³-hybridized carbons (Fsp3) is 0.481. The summed E-state index contributed by atoms with van der Waals surface area (Å²) in [6, 6.07) is 16.8. The lowest BCUT2D eigenvalue weighted by Gasteiger charge is -2.45. The Balaban J connectivity index is 1.15. The van der Waals surface area contributed by atoms with Crippen LogP contribution in [0.2, 0.25) is 0 Å². The summed E-state index contributed by atoms with van der Waals surface area (Å²) >= 11 is 0. The lowest BCUT2D eigenvalue weighted by molar-refractivity contribution is -0.114. The number of fused-ring (bicyclic) bond motifs is 7. The summed E-state index contributed by atoms with van der Waals surface area (Å²) in [7, 11) is 3.76. The summed E-state index contributed by atoms with van der Waals surface area (Å²) in [5.74, 6) is 9.76. The zero-order chi connectivity index (χ0) is 44.8. The van der Waals surface area contributed by atoms with E-state index < -0.39 is 12.1 Å². The first-order valence-corrected chi connectivity index (χ1v) is 26.0. The van der Waals surface area contributed by atoms with Crippen LogP contribution in [0.4, 0.5) is 0 Å². The van der Waals surface area contributed by atoms with Crippen LogP contribution in [-0.2, 0) is 29.8 Å². The van der Waals surface area contributed by atoms with Gasteiger partial charge < -0.3 is 31.4 Å². The summed E-state index contributed by atoms with van der Waals surface area (Å²) in [5.41, 5.74) is 20.6.